The zero-order chi connectivity index (χ0) is 15.3. The molecule has 1 aromatic rings. The van der Waals surface area contributed by atoms with E-state index in [1.807, 2.05) is 6.07 Å². The molecule has 0 aromatic heterocycles. The van der Waals surface area contributed by atoms with E-state index in [0.29, 0.717) is 10.8 Å². The quantitative estimate of drug-likeness (QED) is 0.876. The summed E-state index contributed by atoms with van der Waals surface area (Å²) in [6.07, 6.45) is 2.48. The normalized spacial score (nSPS) is 33.7. The van der Waals surface area contributed by atoms with Gasteiger partial charge in [-0.25, -0.2) is 13.1 Å². The molecule has 2 aliphatic rings. The predicted octanol–water partition coefficient (Wildman–Crippen LogP) is 2.15. The maximum Gasteiger partial charge on any atom is 0.240 e. The number of fused-ring (bicyclic) bond motifs is 1. The van der Waals surface area contributed by atoms with Crippen LogP contribution >= 0.6 is 0 Å². The van der Waals surface area contributed by atoms with Gasteiger partial charge in [-0.2, -0.15) is 0 Å². The molecule has 0 heterocycles. The highest BCUT2D eigenvalue weighted by molar-refractivity contribution is 7.89. The highest BCUT2D eigenvalue weighted by atomic mass is 32.2. The molecule has 2 aliphatic carbocycles. The van der Waals surface area contributed by atoms with Gasteiger partial charge in [0.05, 0.1) is 4.90 Å². The van der Waals surface area contributed by atoms with Crippen molar-refractivity contribution in [3.8, 4) is 0 Å². The molecule has 4 nitrogen and oxygen atoms in total. The van der Waals surface area contributed by atoms with Gasteiger partial charge in [0.2, 0.25) is 10.0 Å². The Morgan fingerprint density at radius 1 is 1.29 bits per heavy atom. The Balaban J connectivity index is 1.72. The van der Waals surface area contributed by atoms with E-state index < -0.39 is 10.0 Å². The second kappa shape index (κ2) is 4.80. The van der Waals surface area contributed by atoms with Crippen LogP contribution in [0.25, 0.3) is 0 Å². The molecule has 0 spiro atoms. The lowest BCUT2D eigenvalue weighted by Gasteiger charge is -2.24. The Labute approximate surface area is 126 Å². The Kier molecular flexibility index (Phi) is 3.43. The Hall–Kier alpha value is -0.910. The van der Waals surface area contributed by atoms with E-state index in [2.05, 4.69) is 18.6 Å². The van der Waals surface area contributed by atoms with Crippen LogP contribution in [0.1, 0.15) is 33.1 Å². The Bertz CT molecular complexity index is 626. The lowest BCUT2D eigenvalue weighted by Crippen LogP contribution is -2.36. The molecule has 3 rings (SSSR count). The number of sulfonamides is 1. The van der Waals surface area contributed by atoms with Crippen molar-refractivity contribution in [2.24, 2.45) is 16.7 Å². The monoisotopic (exact) mass is 309 g/mol. The van der Waals surface area contributed by atoms with Crippen molar-refractivity contribution in [2.75, 3.05) is 6.61 Å². The summed E-state index contributed by atoms with van der Waals surface area (Å²) in [5, 5.41) is 9.31. The average molecular weight is 309 g/mol. The van der Waals surface area contributed by atoms with Crippen molar-refractivity contribution >= 4 is 10.0 Å². The van der Waals surface area contributed by atoms with Gasteiger partial charge in [-0.15, -0.1) is 0 Å². The molecule has 3 unspecified atom stereocenters. The number of aliphatic hydroxyl groups is 1. The molecular weight excluding hydrogens is 286 g/mol. The molecule has 2 N–H and O–H groups in total. The van der Waals surface area contributed by atoms with Gasteiger partial charge < -0.3 is 5.11 Å². The zero-order valence-corrected chi connectivity index (χ0v) is 13.4. The van der Waals surface area contributed by atoms with E-state index >= 15 is 0 Å². The third-order valence-corrected chi connectivity index (χ3v) is 7.34. The van der Waals surface area contributed by atoms with E-state index in [4.69, 9.17) is 0 Å². The standard InChI is InChI=1S/C16H23NO3S/c1-15(2)14-10-12(11-16(14,15)8-9-18)17-21(19,20)13-6-4-3-5-7-13/h3-7,12,14,17-18H,8-11H2,1-2H3. The third-order valence-electron chi connectivity index (χ3n) is 5.80. The molecule has 0 radical (unpaired) electrons. The Morgan fingerprint density at radius 3 is 2.57 bits per heavy atom. The summed E-state index contributed by atoms with van der Waals surface area (Å²) in [7, 11) is -3.44. The van der Waals surface area contributed by atoms with E-state index in [9.17, 15) is 13.5 Å². The number of rotatable bonds is 5. The first-order valence-electron chi connectivity index (χ1n) is 7.52. The second-order valence-corrected chi connectivity index (χ2v) is 8.69. The number of hydrogen-bond donors (Lipinski definition) is 2. The van der Waals surface area contributed by atoms with Crippen LogP contribution in [0.4, 0.5) is 0 Å². The van der Waals surface area contributed by atoms with Crippen molar-refractivity contribution in [2.45, 2.75) is 44.0 Å². The zero-order valence-electron chi connectivity index (χ0n) is 12.5. The predicted molar refractivity (Wildman–Crippen MR) is 81.2 cm³/mol. The summed E-state index contributed by atoms with van der Waals surface area (Å²) in [4.78, 5) is 0.320. The van der Waals surface area contributed by atoms with Crippen molar-refractivity contribution in [3.63, 3.8) is 0 Å². The molecule has 3 atom stereocenters. The maximum absolute atomic E-state index is 12.4. The largest absolute Gasteiger partial charge is 0.396 e. The smallest absolute Gasteiger partial charge is 0.240 e. The average Bonchev–Trinajstić information content (AvgIpc) is 2.74. The fourth-order valence-electron chi connectivity index (χ4n) is 4.57. The van der Waals surface area contributed by atoms with Gasteiger partial charge in [-0.3, -0.25) is 0 Å². The van der Waals surface area contributed by atoms with E-state index in [-0.39, 0.29) is 23.5 Å². The first-order valence-corrected chi connectivity index (χ1v) is 9.00. The molecule has 2 saturated carbocycles. The lowest BCUT2D eigenvalue weighted by molar-refractivity contribution is 0.216. The van der Waals surface area contributed by atoms with Gasteiger partial charge in [0.1, 0.15) is 0 Å². The number of benzene rings is 1. The first kappa shape index (κ1) is 15.0. The SMILES string of the molecule is CC1(C)C2CC(NS(=O)(=O)c3ccccc3)CC21CCO. The molecule has 0 amide bonds. The van der Waals surface area contributed by atoms with Gasteiger partial charge in [0.25, 0.3) is 0 Å². The molecule has 2 fully saturated rings. The van der Waals surface area contributed by atoms with Crippen LogP contribution in [0.5, 0.6) is 0 Å². The molecule has 116 valence electrons. The van der Waals surface area contributed by atoms with E-state index in [0.717, 1.165) is 19.3 Å². The van der Waals surface area contributed by atoms with Crippen molar-refractivity contribution < 1.29 is 13.5 Å². The molecule has 1 aromatic carbocycles. The molecule has 0 bridgehead atoms. The summed E-state index contributed by atoms with van der Waals surface area (Å²) in [5.74, 6) is 0.514. The number of hydrogen-bond acceptors (Lipinski definition) is 3. The van der Waals surface area contributed by atoms with Gasteiger partial charge in [0.15, 0.2) is 0 Å². The fraction of sp³-hybridized carbons (Fsp3) is 0.625. The van der Waals surface area contributed by atoms with Crippen molar-refractivity contribution in [1.29, 1.82) is 0 Å². The van der Waals surface area contributed by atoms with Gasteiger partial charge in [-0.1, -0.05) is 32.0 Å². The highest BCUT2D eigenvalue weighted by Gasteiger charge is 2.73. The van der Waals surface area contributed by atoms with Gasteiger partial charge in [0, 0.05) is 12.6 Å². The van der Waals surface area contributed by atoms with E-state index in [1.165, 1.54) is 0 Å². The van der Waals surface area contributed by atoms with Crippen LogP contribution in [0.2, 0.25) is 0 Å². The summed E-state index contributed by atoms with van der Waals surface area (Å²) >= 11 is 0. The minimum absolute atomic E-state index is 0.0141. The van der Waals surface area contributed by atoms with Crippen LogP contribution < -0.4 is 4.72 Å². The maximum atomic E-state index is 12.4. The fourth-order valence-corrected chi connectivity index (χ4v) is 5.84. The summed E-state index contributed by atoms with van der Waals surface area (Å²) in [6, 6.07) is 8.49. The minimum Gasteiger partial charge on any atom is -0.396 e. The van der Waals surface area contributed by atoms with Crippen molar-refractivity contribution in [1.82, 2.24) is 4.72 Å². The van der Waals surface area contributed by atoms with Gasteiger partial charge >= 0.3 is 0 Å². The van der Waals surface area contributed by atoms with Crippen molar-refractivity contribution in [3.05, 3.63) is 30.3 Å². The molecule has 0 saturated heterocycles. The minimum atomic E-state index is -3.44. The summed E-state index contributed by atoms with van der Waals surface area (Å²) in [6.45, 7) is 4.64. The summed E-state index contributed by atoms with van der Waals surface area (Å²) < 4.78 is 27.6. The molecule has 5 heteroatoms. The topological polar surface area (TPSA) is 66.4 Å². The summed E-state index contributed by atoms with van der Waals surface area (Å²) in [5.41, 5.74) is 0.343. The molecular formula is C16H23NO3S. The van der Waals surface area contributed by atoms with E-state index in [1.54, 1.807) is 24.3 Å². The lowest BCUT2D eigenvalue weighted by atomic mass is 9.87. The molecule has 0 aliphatic heterocycles. The number of nitrogens with one attached hydrogen (secondary N) is 1. The van der Waals surface area contributed by atoms with Crippen LogP contribution in [0.15, 0.2) is 35.2 Å². The second-order valence-electron chi connectivity index (χ2n) is 6.98. The van der Waals surface area contributed by atoms with Crippen LogP contribution in [0, 0.1) is 16.7 Å². The first-order chi connectivity index (χ1) is 9.83. The van der Waals surface area contributed by atoms with Crippen LogP contribution in [0.3, 0.4) is 0 Å². The van der Waals surface area contributed by atoms with Crippen LogP contribution in [-0.2, 0) is 10.0 Å². The third kappa shape index (κ3) is 2.22. The highest BCUT2D eigenvalue weighted by Crippen LogP contribution is 2.78. The van der Waals surface area contributed by atoms with Gasteiger partial charge in [-0.05, 0) is 48.1 Å². The molecule has 21 heavy (non-hydrogen) atoms. The Morgan fingerprint density at radius 2 is 1.95 bits per heavy atom. The number of aliphatic hydroxyl groups excluding tert-OH is 1. The van der Waals surface area contributed by atoms with Crippen LogP contribution in [-0.4, -0.2) is 26.2 Å².